The number of hydrogen-bond acceptors (Lipinski definition) is 2. The van der Waals surface area contributed by atoms with Crippen LogP contribution in [0.2, 0.25) is 0 Å². The quantitative estimate of drug-likeness (QED) is 0.451. The molecule has 0 aromatic rings. The van der Waals surface area contributed by atoms with Crippen LogP contribution in [0.4, 0.5) is 0 Å². The SMILES string of the molecule is CCOC(=O)C[C@@H](C)Cl. The fourth-order valence-electron chi connectivity index (χ4n) is 0.450. The lowest BCUT2D eigenvalue weighted by Crippen LogP contribution is -2.08. The van der Waals surface area contributed by atoms with E-state index in [1.165, 1.54) is 0 Å². The van der Waals surface area contributed by atoms with Crippen molar-refractivity contribution < 1.29 is 9.53 Å². The summed E-state index contributed by atoms with van der Waals surface area (Å²) in [5, 5.41) is -0.121. The molecule has 0 heterocycles. The van der Waals surface area contributed by atoms with Gasteiger partial charge in [-0.3, -0.25) is 4.79 Å². The molecule has 0 aromatic carbocycles. The third-order valence-electron chi connectivity index (χ3n) is 0.753. The van der Waals surface area contributed by atoms with Crippen molar-refractivity contribution in [3.8, 4) is 0 Å². The molecule has 9 heavy (non-hydrogen) atoms. The van der Waals surface area contributed by atoms with Crippen molar-refractivity contribution >= 4 is 17.6 Å². The fraction of sp³-hybridized carbons (Fsp3) is 0.833. The number of halogens is 1. The molecule has 0 aromatic heterocycles. The van der Waals surface area contributed by atoms with Crippen molar-refractivity contribution in [3.63, 3.8) is 0 Å². The van der Waals surface area contributed by atoms with E-state index in [1.807, 2.05) is 0 Å². The highest BCUT2D eigenvalue weighted by Gasteiger charge is 2.04. The Balaban J connectivity index is 3.27. The van der Waals surface area contributed by atoms with E-state index >= 15 is 0 Å². The average Bonchev–Trinajstić information content (AvgIpc) is 1.63. The summed E-state index contributed by atoms with van der Waals surface area (Å²) in [4.78, 5) is 10.5. The molecule has 0 unspecified atom stereocenters. The Labute approximate surface area is 60.1 Å². The molecule has 0 fully saturated rings. The van der Waals surface area contributed by atoms with Gasteiger partial charge in [-0.2, -0.15) is 0 Å². The molecule has 0 amide bonds. The Morgan fingerprint density at radius 1 is 1.78 bits per heavy atom. The number of hydrogen-bond donors (Lipinski definition) is 0. The second kappa shape index (κ2) is 4.62. The van der Waals surface area contributed by atoms with Gasteiger partial charge in [0.1, 0.15) is 0 Å². The van der Waals surface area contributed by atoms with Crippen LogP contribution in [0.1, 0.15) is 20.3 Å². The van der Waals surface area contributed by atoms with Crippen LogP contribution in [-0.2, 0) is 9.53 Å². The predicted molar refractivity (Wildman–Crippen MR) is 36.6 cm³/mol. The first-order valence-corrected chi connectivity index (χ1v) is 3.40. The molecule has 0 aliphatic rings. The minimum Gasteiger partial charge on any atom is -0.466 e. The third kappa shape index (κ3) is 5.63. The normalized spacial score (nSPS) is 12.8. The first-order chi connectivity index (χ1) is 4.16. The maximum Gasteiger partial charge on any atom is 0.307 e. The molecule has 1 atom stereocenters. The van der Waals surface area contributed by atoms with Crippen LogP contribution in [0.15, 0.2) is 0 Å². The first-order valence-electron chi connectivity index (χ1n) is 2.96. The van der Waals surface area contributed by atoms with Gasteiger partial charge >= 0.3 is 5.97 Å². The van der Waals surface area contributed by atoms with E-state index in [1.54, 1.807) is 13.8 Å². The zero-order valence-corrected chi connectivity index (χ0v) is 6.44. The highest BCUT2D eigenvalue weighted by Crippen LogP contribution is 2.00. The summed E-state index contributed by atoms with van der Waals surface area (Å²) in [5.41, 5.74) is 0. The molecule has 54 valence electrons. The van der Waals surface area contributed by atoms with Gasteiger partial charge in [0.15, 0.2) is 0 Å². The minimum atomic E-state index is -0.222. The van der Waals surface area contributed by atoms with Gasteiger partial charge in [-0.05, 0) is 13.8 Å². The van der Waals surface area contributed by atoms with Gasteiger partial charge in [-0.25, -0.2) is 0 Å². The monoisotopic (exact) mass is 150 g/mol. The number of carbonyl (C=O) groups is 1. The van der Waals surface area contributed by atoms with Crippen molar-refractivity contribution in [1.29, 1.82) is 0 Å². The van der Waals surface area contributed by atoms with Crippen molar-refractivity contribution in [2.75, 3.05) is 6.61 Å². The summed E-state index contributed by atoms with van der Waals surface area (Å²) >= 11 is 5.51. The smallest absolute Gasteiger partial charge is 0.307 e. The summed E-state index contributed by atoms with van der Waals surface area (Å²) < 4.78 is 4.63. The molecule has 0 radical (unpaired) electrons. The number of ether oxygens (including phenoxy) is 1. The Morgan fingerprint density at radius 3 is 2.67 bits per heavy atom. The maximum atomic E-state index is 10.5. The second-order valence-electron chi connectivity index (χ2n) is 1.79. The van der Waals surface area contributed by atoms with Gasteiger partial charge < -0.3 is 4.74 Å². The minimum absolute atomic E-state index is 0.121. The molecule has 2 nitrogen and oxygen atoms in total. The lowest BCUT2D eigenvalue weighted by atomic mass is 10.3. The number of carbonyl (C=O) groups excluding carboxylic acids is 1. The van der Waals surface area contributed by atoms with Crippen LogP contribution in [0.25, 0.3) is 0 Å². The molecule has 0 aliphatic heterocycles. The lowest BCUT2D eigenvalue weighted by molar-refractivity contribution is -0.143. The van der Waals surface area contributed by atoms with Crippen molar-refractivity contribution in [2.45, 2.75) is 25.6 Å². The fourth-order valence-corrected chi connectivity index (χ4v) is 0.576. The van der Waals surface area contributed by atoms with Gasteiger partial charge in [0, 0.05) is 5.38 Å². The number of alkyl halides is 1. The summed E-state index contributed by atoms with van der Waals surface area (Å²) in [6.45, 7) is 3.97. The van der Waals surface area contributed by atoms with Gasteiger partial charge in [0.25, 0.3) is 0 Å². The molecule has 0 spiro atoms. The number of esters is 1. The van der Waals surface area contributed by atoms with Crippen molar-refractivity contribution in [2.24, 2.45) is 0 Å². The highest BCUT2D eigenvalue weighted by atomic mass is 35.5. The second-order valence-corrected chi connectivity index (χ2v) is 2.53. The molecule has 0 bridgehead atoms. The van der Waals surface area contributed by atoms with Gasteiger partial charge in [0.05, 0.1) is 13.0 Å². The Hall–Kier alpha value is -0.240. The van der Waals surface area contributed by atoms with Gasteiger partial charge in [0.2, 0.25) is 0 Å². The molecule has 0 saturated heterocycles. The molecule has 0 saturated carbocycles. The van der Waals surface area contributed by atoms with E-state index < -0.39 is 0 Å². The largest absolute Gasteiger partial charge is 0.466 e. The van der Waals surface area contributed by atoms with Crippen LogP contribution in [0.3, 0.4) is 0 Å². The standard InChI is InChI=1S/C6H11ClO2/c1-3-9-6(8)4-5(2)7/h5H,3-4H2,1-2H3/t5-/m1/s1. The Kier molecular flexibility index (Phi) is 4.50. The molecule has 3 heteroatoms. The van der Waals surface area contributed by atoms with Crippen LogP contribution < -0.4 is 0 Å². The number of rotatable bonds is 3. The molecule has 0 aliphatic carbocycles. The topological polar surface area (TPSA) is 26.3 Å². The molecule has 0 rings (SSSR count). The molecule has 0 N–H and O–H groups in total. The van der Waals surface area contributed by atoms with E-state index in [-0.39, 0.29) is 11.3 Å². The Morgan fingerprint density at radius 2 is 2.33 bits per heavy atom. The van der Waals surface area contributed by atoms with Gasteiger partial charge in [-0.15, -0.1) is 11.6 Å². The van der Waals surface area contributed by atoms with E-state index in [0.717, 1.165) is 0 Å². The maximum absolute atomic E-state index is 10.5. The van der Waals surface area contributed by atoms with Crippen LogP contribution in [-0.4, -0.2) is 18.0 Å². The van der Waals surface area contributed by atoms with Crippen LogP contribution >= 0.6 is 11.6 Å². The third-order valence-corrected chi connectivity index (χ3v) is 0.908. The lowest BCUT2D eigenvalue weighted by Gasteiger charge is -2.01. The van der Waals surface area contributed by atoms with E-state index in [9.17, 15) is 4.79 Å². The Bertz CT molecular complexity index is 91.1. The summed E-state index contributed by atoms with van der Waals surface area (Å²) in [5.74, 6) is -0.222. The highest BCUT2D eigenvalue weighted by molar-refractivity contribution is 6.21. The summed E-state index contributed by atoms with van der Waals surface area (Å²) in [6.07, 6.45) is 0.301. The summed E-state index contributed by atoms with van der Waals surface area (Å²) in [7, 11) is 0. The predicted octanol–water partition coefficient (Wildman–Crippen LogP) is 1.57. The van der Waals surface area contributed by atoms with E-state index in [4.69, 9.17) is 11.6 Å². The van der Waals surface area contributed by atoms with E-state index in [2.05, 4.69) is 4.74 Å². The van der Waals surface area contributed by atoms with Crippen molar-refractivity contribution in [3.05, 3.63) is 0 Å². The molecular formula is C6H11ClO2. The van der Waals surface area contributed by atoms with E-state index in [0.29, 0.717) is 13.0 Å². The van der Waals surface area contributed by atoms with Crippen LogP contribution in [0, 0.1) is 0 Å². The van der Waals surface area contributed by atoms with Crippen LogP contribution in [0.5, 0.6) is 0 Å². The average molecular weight is 151 g/mol. The van der Waals surface area contributed by atoms with Crippen molar-refractivity contribution in [1.82, 2.24) is 0 Å². The zero-order chi connectivity index (χ0) is 7.28. The molecular weight excluding hydrogens is 140 g/mol. The van der Waals surface area contributed by atoms with Gasteiger partial charge in [-0.1, -0.05) is 0 Å². The summed E-state index contributed by atoms with van der Waals surface area (Å²) in [6, 6.07) is 0. The first kappa shape index (κ1) is 8.76. The zero-order valence-electron chi connectivity index (χ0n) is 5.69.